The number of imide groups is 1. The molecule has 0 saturated carbocycles. The van der Waals surface area contributed by atoms with Crippen LogP contribution in [0.5, 0.6) is 0 Å². The number of nitrogens with zero attached hydrogens (tertiary/aromatic N) is 4. The Hall–Kier alpha value is -2.52. The predicted molar refractivity (Wildman–Crippen MR) is 98.4 cm³/mol. The van der Waals surface area contributed by atoms with Gasteiger partial charge in [-0.05, 0) is 36.4 Å². The number of benzene rings is 1. The Bertz CT molecular complexity index is 962. The number of hydrogen-bond acceptors (Lipinski definition) is 7. The number of anilines is 1. The zero-order valence-electron chi connectivity index (χ0n) is 13.2. The van der Waals surface area contributed by atoms with E-state index < -0.39 is 5.25 Å². The molecule has 1 atom stereocenters. The summed E-state index contributed by atoms with van der Waals surface area (Å²) in [5.74, 6) is -0.215. The van der Waals surface area contributed by atoms with Crippen molar-refractivity contribution in [3.8, 4) is 11.5 Å². The Morgan fingerprint density at radius 2 is 1.96 bits per heavy atom. The molecule has 0 spiro atoms. The molecule has 7 nitrogen and oxygen atoms in total. The standard InChI is InChI=1S/C17H11BrN4O3S/c18-11-3-5-12(6-4-11)22-14(23)8-13(16(22)24)26-17-21-20-15(25-17)10-2-1-7-19-9-10/h1-7,9,13H,8H2. The van der Waals surface area contributed by atoms with E-state index in [9.17, 15) is 9.59 Å². The minimum absolute atomic E-state index is 0.0875. The van der Waals surface area contributed by atoms with Crippen molar-refractivity contribution in [3.63, 3.8) is 0 Å². The van der Waals surface area contributed by atoms with Gasteiger partial charge in [-0.2, -0.15) is 0 Å². The van der Waals surface area contributed by atoms with Gasteiger partial charge >= 0.3 is 0 Å². The van der Waals surface area contributed by atoms with Gasteiger partial charge in [0, 0.05) is 23.3 Å². The van der Waals surface area contributed by atoms with Crippen LogP contribution in [0.3, 0.4) is 0 Å². The maximum atomic E-state index is 12.7. The Kier molecular flexibility index (Phi) is 4.56. The topological polar surface area (TPSA) is 89.2 Å². The fraction of sp³-hybridized carbons (Fsp3) is 0.118. The lowest BCUT2D eigenvalue weighted by Gasteiger charge is -2.14. The van der Waals surface area contributed by atoms with Crippen LogP contribution in [0.2, 0.25) is 0 Å². The summed E-state index contributed by atoms with van der Waals surface area (Å²) in [7, 11) is 0. The average Bonchev–Trinajstić information content (AvgIpc) is 3.22. The summed E-state index contributed by atoms with van der Waals surface area (Å²) in [4.78, 5) is 30.2. The van der Waals surface area contributed by atoms with Gasteiger partial charge in [-0.15, -0.1) is 10.2 Å². The lowest BCUT2D eigenvalue weighted by molar-refractivity contribution is -0.121. The minimum Gasteiger partial charge on any atom is -0.411 e. The zero-order chi connectivity index (χ0) is 18.1. The van der Waals surface area contributed by atoms with E-state index in [1.807, 2.05) is 0 Å². The smallest absolute Gasteiger partial charge is 0.277 e. The molecular weight excluding hydrogens is 420 g/mol. The molecule has 0 aliphatic carbocycles. The second-order valence-electron chi connectivity index (χ2n) is 5.47. The highest BCUT2D eigenvalue weighted by atomic mass is 79.9. The molecule has 0 bridgehead atoms. The third-order valence-corrected chi connectivity index (χ3v) is 5.30. The third kappa shape index (κ3) is 3.27. The van der Waals surface area contributed by atoms with Crippen molar-refractivity contribution in [3.05, 3.63) is 53.3 Å². The molecule has 0 N–H and O–H groups in total. The summed E-state index contributed by atoms with van der Waals surface area (Å²) >= 11 is 4.44. The molecule has 4 rings (SSSR count). The number of thioether (sulfide) groups is 1. The normalized spacial score (nSPS) is 17.1. The average molecular weight is 431 g/mol. The van der Waals surface area contributed by atoms with Crippen LogP contribution in [0.4, 0.5) is 5.69 Å². The van der Waals surface area contributed by atoms with Crippen LogP contribution in [0.25, 0.3) is 11.5 Å². The molecule has 9 heteroatoms. The van der Waals surface area contributed by atoms with Gasteiger partial charge in [0.25, 0.3) is 5.22 Å². The third-order valence-electron chi connectivity index (χ3n) is 3.75. The van der Waals surface area contributed by atoms with E-state index in [1.165, 1.54) is 4.90 Å². The second-order valence-corrected chi connectivity index (χ2v) is 7.54. The molecule has 1 aliphatic rings. The molecule has 1 aliphatic heterocycles. The monoisotopic (exact) mass is 430 g/mol. The van der Waals surface area contributed by atoms with Crippen LogP contribution < -0.4 is 4.90 Å². The second kappa shape index (κ2) is 7.00. The van der Waals surface area contributed by atoms with Crippen LogP contribution >= 0.6 is 27.7 Å². The summed E-state index contributed by atoms with van der Waals surface area (Å²) in [6, 6.07) is 10.6. The molecule has 3 aromatic rings. The van der Waals surface area contributed by atoms with Gasteiger partial charge in [0.2, 0.25) is 17.7 Å². The van der Waals surface area contributed by atoms with Gasteiger partial charge in [0.05, 0.1) is 11.3 Å². The molecule has 3 heterocycles. The highest BCUT2D eigenvalue weighted by Gasteiger charge is 2.41. The van der Waals surface area contributed by atoms with Crippen molar-refractivity contribution in [1.29, 1.82) is 0 Å². The molecule has 130 valence electrons. The van der Waals surface area contributed by atoms with Gasteiger partial charge < -0.3 is 4.42 Å². The van der Waals surface area contributed by atoms with E-state index in [0.29, 0.717) is 17.1 Å². The van der Waals surface area contributed by atoms with Gasteiger partial charge in [-0.3, -0.25) is 14.6 Å². The van der Waals surface area contributed by atoms with Crippen molar-refractivity contribution >= 4 is 45.2 Å². The molecule has 1 unspecified atom stereocenters. The first kappa shape index (κ1) is 16.9. The van der Waals surface area contributed by atoms with Crippen molar-refractivity contribution in [2.45, 2.75) is 16.9 Å². The maximum Gasteiger partial charge on any atom is 0.277 e. The van der Waals surface area contributed by atoms with Crippen molar-refractivity contribution in [2.75, 3.05) is 4.90 Å². The number of aromatic nitrogens is 3. The van der Waals surface area contributed by atoms with Gasteiger partial charge in [0.1, 0.15) is 5.25 Å². The first-order valence-electron chi connectivity index (χ1n) is 7.65. The van der Waals surface area contributed by atoms with E-state index in [1.54, 1.807) is 48.8 Å². The Morgan fingerprint density at radius 3 is 2.69 bits per heavy atom. The molecular formula is C17H11BrN4O3S. The zero-order valence-corrected chi connectivity index (χ0v) is 15.6. The van der Waals surface area contributed by atoms with E-state index in [2.05, 4.69) is 31.1 Å². The Balaban J connectivity index is 1.51. The van der Waals surface area contributed by atoms with Gasteiger partial charge in [0.15, 0.2) is 0 Å². The van der Waals surface area contributed by atoms with E-state index in [4.69, 9.17) is 4.42 Å². The van der Waals surface area contributed by atoms with Crippen LogP contribution in [-0.2, 0) is 9.59 Å². The largest absolute Gasteiger partial charge is 0.411 e. The number of halogens is 1. The van der Waals surface area contributed by atoms with Gasteiger partial charge in [-0.1, -0.05) is 27.7 Å². The molecule has 2 amide bonds. The van der Waals surface area contributed by atoms with E-state index in [0.717, 1.165) is 16.2 Å². The van der Waals surface area contributed by atoms with Crippen LogP contribution in [-0.4, -0.2) is 32.2 Å². The summed E-state index contributed by atoms with van der Waals surface area (Å²) in [6.07, 6.45) is 3.35. The fourth-order valence-corrected chi connectivity index (χ4v) is 3.70. The highest BCUT2D eigenvalue weighted by Crippen LogP contribution is 2.34. The van der Waals surface area contributed by atoms with Crippen molar-refractivity contribution < 1.29 is 14.0 Å². The molecule has 1 fully saturated rings. The maximum absolute atomic E-state index is 12.7. The van der Waals surface area contributed by atoms with Gasteiger partial charge in [-0.25, -0.2) is 4.90 Å². The van der Waals surface area contributed by atoms with Crippen molar-refractivity contribution in [2.24, 2.45) is 0 Å². The fourth-order valence-electron chi connectivity index (χ4n) is 2.54. The number of rotatable bonds is 4. The summed E-state index contributed by atoms with van der Waals surface area (Å²) in [6.45, 7) is 0. The quantitative estimate of drug-likeness (QED) is 0.586. The Labute approximate surface area is 160 Å². The first-order chi connectivity index (χ1) is 12.6. The number of carbonyl (C=O) groups excluding carboxylic acids is 2. The number of amides is 2. The summed E-state index contributed by atoms with van der Waals surface area (Å²) < 4.78 is 6.46. The number of pyridine rings is 1. The molecule has 0 radical (unpaired) electrons. The summed E-state index contributed by atoms with van der Waals surface area (Å²) in [5, 5.41) is 7.58. The SMILES string of the molecule is O=C1CC(Sc2nnc(-c3cccnc3)o2)C(=O)N1c1ccc(Br)cc1. The molecule has 1 aromatic carbocycles. The van der Waals surface area contributed by atoms with Crippen LogP contribution in [0, 0.1) is 0 Å². The van der Waals surface area contributed by atoms with Crippen molar-refractivity contribution in [1.82, 2.24) is 15.2 Å². The minimum atomic E-state index is -0.589. The summed E-state index contributed by atoms with van der Waals surface area (Å²) in [5.41, 5.74) is 1.24. The van der Waals surface area contributed by atoms with E-state index in [-0.39, 0.29) is 23.5 Å². The lowest BCUT2D eigenvalue weighted by Crippen LogP contribution is -2.31. The predicted octanol–water partition coefficient (Wildman–Crippen LogP) is 3.32. The molecule has 26 heavy (non-hydrogen) atoms. The van der Waals surface area contributed by atoms with Crippen LogP contribution in [0.1, 0.15) is 6.42 Å². The van der Waals surface area contributed by atoms with E-state index >= 15 is 0 Å². The first-order valence-corrected chi connectivity index (χ1v) is 9.32. The highest BCUT2D eigenvalue weighted by molar-refractivity contribution is 9.10. The molecule has 1 saturated heterocycles. The van der Waals surface area contributed by atoms with Crippen LogP contribution in [0.15, 0.2) is 62.9 Å². The molecule has 2 aromatic heterocycles. The number of hydrogen-bond donors (Lipinski definition) is 0. The number of carbonyl (C=O) groups is 2. The Morgan fingerprint density at radius 1 is 1.15 bits per heavy atom. The lowest BCUT2D eigenvalue weighted by atomic mass is 10.3.